The normalized spacial score (nSPS) is 12.3. The number of amides is 2. The first-order chi connectivity index (χ1) is 14.6. The van der Waals surface area contributed by atoms with E-state index in [4.69, 9.17) is 0 Å². The molecule has 2 amide bonds. The maximum Gasteiger partial charge on any atom is 0.243 e. The average Bonchev–Trinajstić information content (AvgIpc) is 2.68. The maximum absolute atomic E-state index is 13.3. The minimum Gasteiger partial charge on any atom is -0.350 e. The third-order valence-electron chi connectivity index (χ3n) is 5.06. The first kappa shape index (κ1) is 25.0. The summed E-state index contributed by atoms with van der Waals surface area (Å²) < 4.78 is 0. The molecule has 2 aromatic rings. The summed E-state index contributed by atoms with van der Waals surface area (Å²) in [5.41, 5.74) is 4.28. The quantitative estimate of drug-likeness (QED) is 0.579. The monoisotopic (exact) mass is 440 g/mol. The number of nitrogens with zero attached hydrogens (tertiary/aromatic N) is 1. The first-order valence-electron chi connectivity index (χ1n) is 10.9. The zero-order chi connectivity index (χ0) is 23.0. The minimum absolute atomic E-state index is 0.00295. The van der Waals surface area contributed by atoms with Crippen molar-refractivity contribution in [3.8, 4) is 0 Å². The molecule has 0 heterocycles. The molecule has 1 atom stereocenters. The molecule has 0 aliphatic carbocycles. The Morgan fingerprint density at radius 1 is 1.06 bits per heavy atom. The lowest BCUT2D eigenvalue weighted by molar-refractivity contribution is -0.140. The lowest BCUT2D eigenvalue weighted by atomic mass is 10.0. The molecule has 1 N–H and O–H groups in total. The molecule has 31 heavy (non-hydrogen) atoms. The van der Waals surface area contributed by atoms with Crippen LogP contribution in [0.25, 0.3) is 0 Å². The van der Waals surface area contributed by atoms with Crippen LogP contribution in [0.5, 0.6) is 0 Å². The van der Waals surface area contributed by atoms with E-state index in [9.17, 15) is 9.59 Å². The van der Waals surface area contributed by atoms with Gasteiger partial charge in [0.1, 0.15) is 6.04 Å². The average molecular weight is 441 g/mol. The van der Waals surface area contributed by atoms with Gasteiger partial charge in [-0.3, -0.25) is 9.59 Å². The minimum atomic E-state index is -0.495. The van der Waals surface area contributed by atoms with Crippen LogP contribution >= 0.6 is 11.8 Å². The Morgan fingerprint density at radius 2 is 1.77 bits per heavy atom. The number of nitrogens with one attached hydrogen (secondary N) is 1. The molecule has 0 radical (unpaired) electrons. The highest BCUT2D eigenvalue weighted by Crippen LogP contribution is 2.19. The fraction of sp³-hybridized carbons (Fsp3) is 0.462. The van der Waals surface area contributed by atoms with Gasteiger partial charge in [-0.05, 0) is 57.7 Å². The van der Waals surface area contributed by atoms with Gasteiger partial charge in [0.05, 0.1) is 5.75 Å². The van der Waals surface area contributed by atoms with Gasteiger partial charge in [-0.25, -0.2) is 0 Å². The number of aryl methyl sites for hydroxylation is 2. The van der Waals surface area contributed by atoms with Crippen LogP contribution in [0, 0.1) is 13.8 Å². The summed E-state index contributed by atoms with van der Waals surface area (Å²) >= 11 is 1.60. The first-order valence-corrected chi connectivity index (χ1v) is 12.1. The molecule has 0 saturated heterocycles. The van der Waals surface area contributed by atoms with E-state index < -0.39 is 6.04 Å². The second-order valence-electron chi connectivity index (χ2n) is 9.09. The topological polar surface area (TPSA) is 49.4 Å². The van der Waals surface area contributed by atoms with Crippen molar-refractivity contribution < 1.29 is 9.59 Å². The standard InChI is InChI=1S/C26H36N2O2S/c1-7-23(25(30)27-26(4,5)6)28(16-22-14-9-8-12-20(22)3)24(29)18-31-17-21-13-10-11-19(2)15-21/h8-15,23H,7,16-18H2,1-6H3,(H,27,30)/t23-/m1/s1. The number of hydrogen-bond donors (Lipinski definition) is 1. The summed E-state index contributed by atoms with van der Waals surface area (Å²) in [6.07, 6.45) is 0.572. The van der Waals surface area contributed by atoms with Crippen molar-refractivity contribution in [3.05, 3.63) is 70.8 Å². The highest BCUT2D eigenvalue weighted by molar-refractivity contribution is 7.99. The Balaban J connectivity index is 2.17. The molecule has 0 spiro atoms. The second kappa shape index (κ2) is 11.4. The highest BCUT2D eigenvalue weighted by atomic mass is 32.2. The van der Waals surface area contributed by atoms with Crippen LogP contribution in [0.4, 0.5) is 0 Å². The summed E-state index contributed by atoms with van der Waals surface area (Å²) in [7, 11) is 0. The molecule has 168 valence electrons. The third-order valence-corrected chi connectivity index (χ3v) is 6.05. The van der Waals surface area contributed by atoms with Crippen molar-refractivity contribution in [1.29, 1.82) is 0 Å². The zero-order valence-electron chi connectivity index (χ0n) is 19.7. The van der Waals surface area contributed by atoms with Gasteiger partial charge in [0.15, 0.2) is 0 Å². The predicted molar refractivity (Wildman–Crippen MR) is 131 cm³/mol. The smallest absolute Gasteiger partial charge is 0.243 e. The lowest BCUT2D eigenvalue weighted by Crippen LogP contribution is -2.53. The number of rotatable bonds is 9. The Kier molecular flexibility index (Phi) is 9.17. The van der Waals surface area contributed by atoms with E-state index in [1.807, 2.05) is 65.0 Å². The van der Waals surface area contributed by atoms with Crippen molar-refractivity contribution >= 4 is 23.6 Å². The lowest BCUT2D eigenvalue weighted by Gasteiger charge is -2.33. The molecule has 0 fully saturated rings. The summed E-state index contributed by atoms with van der Waals surface area (Å²) in [5, 5.41) is 3.05. The second-order valence-corrected chi connectivity index (χ2v) is 10.1. The fourth-order valence-corrected chi connectivity index (χ4v) is 4.34. The molecule has 0 saturated carbocycles. The van der Waals surface area contributed by atoms with E-state index in [0.717, 1.165) is 16.9 Å². The molecule has 2 aromatic carbocycles. The predicted octanol–water partition coefficient (Wildman–Crippen LogP) is 5.26. The number of benzene rings is 2. The SMILES string of the molecule is CC[C@H](C(=O)NC(C)(C)C)N(Cc1ccccc1C)C(=O)CSCc1cccc(C)c1. The van der Waals surface area contributed by atoms with E-state index in [0.29, 0.717) is 18.7 Å². The number of carbonyl (C=O) groups excluding carboxylic acids is 2. The van der Waals surface area contributed by atoms with Crippen molar-refractivity contribution in [2.75, 3.05) is 5.75 Å². The molecule has 4 nitrogen and oxygen atoms in total. The largest absolute Gasteiger partial charge is 0.350 e. The van der Waals surface area contributed by atoms with Crippen molar-refractivity contribution in [2.45, 2.75) is 71.8 Å². The summed E-state index contributed by atoms with van der Waals surface area (Å²) in [6.45, 7) is 12.4. The van der Waals surface area contributed by atoms with Crippen molar-refractivity contribution in [3.63, 3.8) is 0 Å². The van der Waals surface area contributed by atoms with Gasteiger partial charge in [0.2, 0.25) is 11.8 Å². The molecular weight excluding hydrogens is 404 g/mol. The molecule has 0 aromatic heterocycles. The number of carbonyl (C=O) groups is 2. The van der Waals surface area contributed by atoms with Crippen molar-refractivity contribution in [2.24, 2.45) is 0 Å². The van der Waals surface area contributed by atoms with Gasteiger partial charge >= 0.3 is 0 Å². The van der Waals surface area contributed by atoms with Crippen LogP contribution in [0.2, 0.25) is 0 Å². The molecule has 2 rings (SSSR count). The number of thioether (sulfide) groups is 1. The Bertz CT molecular complexity index is 889. The van der Waals surface area contributed by atoms with Crippen LogP contribution in [0.3, 0.4) is 0 Å². The Morgan fingerprint density at radius 3 is 2.39 bits per heavy atom. The van der Waals surface area contributed by atoms with E-state index in [1.54, 1.807) is 16.7 Å². The molecule has 0 bridgehead atoms. The van der Waals surface area contributed by atoms with Gasteiger partial charge in [-0.1, -0.05) is 61.0 Å². The molecule has 0 aliphatic heterocycles. The fourth-order valence-electron chi connectivity index (χ4n) is 3.48. The van der Waals surface area contributed by atoms with Crippen molar-refractivity contribution in [1.82, 2.24) is 10.2 Å². The van der Waals surface area contributed by atoms with E-state index in [2.05, 4.69) is 30.4 Å². The highest BCUT2D eigenvalue weighted by Gasteiger charge is 2.30. The van der Waals surface area contributed by atoms with Gasteiger partial charge in [0, 0.05) is 17.8 Å². The van der Waals surface area contributed by atoms with E-state index in [-0.39, 0.29) is 17.4 Å². The molecule has 0 aliphatic rings. The summed E-state index contributed by atoms with van der Waals surface area (Å²) in [4.78, 5) is 28.1. The number of hydrogen-bond acceptors (Lipinski definition) is 3. The van der Waals surface area contributed by atoms with E-state index in [1.165, 1.54) is 11.1 Å². The van der Waals surface area contributed by atoms with Gasteiger partial charge in [-0.15, -0.1) is 11.8 Å². The van der Waals surface area contributed by atoms with Crippen LogP contribution in [0.1, 0.15) is 56.4 Å². The Labute approximate surface area is 191 Å². The van der Waals surface area contributed by atoms with Gasteiger partial charge in [0.25, 0.3) is 0 Å². The molecule has 5 heteroatoms. The summed E-state index contributed by atoms with van der Waals surface area (Å²) in [6, 6.07) is 15.9. The maximum atomic E-state index is 13.3. The van der Waals surface area contributed by atoms with E-state index >= 15 is 0 Å². The zero-order valence-corrected chi connectivity index (χ0v) is 20.5. The molecular formula is C26H36N2O2S. The van der Waals surface area contributed by atoms with Gasteiger partial charge < -0.3 is 10.2 Å². The summed E-state index contributed by atoms with van der Waals surface area (Å²) in [5.74, 6) is 1.02. The van der Waals surface area contributed by atoms with Crippen LogP contribution < -0.4 is 5.32 Å². The van der Waals surface area contributed by atoms with Crippen LogP contribution in [0.15, 0.2) is 48.5 Å². The third kappa shape index (κ3) is 8.06. The van der Waals surface area contributed by atoms with Gasteiger partial charge in [-0.2, -0.15) is 0 Å². The Hall–Kier alpha value is -2.27. The van der Waals surface area contributed by atoms with Crippen LogP contribution in [-0.4, -0.2) is 34.0 Å². The van der Waals surface area contributed by atoms with Crippen LogP contribution in [-0.2, 0) is 21.9 Å². The molecule has 0 unspecified atom stereocenters.